The number of benzene rings is 1. The van der Waals surface area contributed by atoms with Crippen LogP contribution in [-0.4, -0.2) is 64.2 Å². The molecule has 1 heterocycles. The molecule has 1 fully saturated rings. The standard InChI is InChI=1S/C37H59N3O6/c1-4-5-6-7-8-9-10-11-12-13-14-15-16-19-34(42)38-29(3)36(44)40-26-17-18-32(40)33(41)24-25-35(43)39-31(37(45)46)27-30-22-20-28(2)21-23-30/h20-23,29,31-32H,4-19,24-27H2,1-3H3,(H,38,42)(H,39,43)(H,45,46)/t29-,31-,32-/m0/s1. The predicted octanol–water partition coefficient (Wildman–Crippen LogP) is 6.43. The number of aliphatic carboxylic acids is 1. The zero-order valence-electron chi connectivity index (χ0n) is 28.6. The third-order valence-corrected chi connectivity index (χ3v) is 8.96. The average Bonchev–Trinajstić information content (AvgIpc) is 3.52. The number of ketones is 1. The van der Waals surface area contributed by atoms with E-state index in [0.717, 1.165) is 30.4 Å². The van der Waals surface area contributed by atoms with Gasteiger partial charge in [0.2, 0.25) is 17.7 Å². The van der Waals surface area contributed by atoms with Crippen molar-refractivity contribution in [3.8, 4) is 0 Å². The maximum Gasteiger partial charge on any atom is 0.326 e. The highest BCUT2D eigenvalue weighted by Crippen LogP contribution is 2.21. The molecule has 1 aromatic carbocycles. The van der Waals surface area contributed by atoms with E-state index in [-0.39, 0.29) is 36.9 Å². The summed E-state index contributed by atoms with van der Waals surface area (Å²) >= 11 is 0. The molecule has 46 heavy (non-hydrogen) atoms. The predicted molar refractivity (Wildman–Crippen MR) is 181 cm³/mol. The Morgan fingerprint density at radius 1 is 0.783 bits per heavy atom. The lowest BCUT2D eigenvalue weighted by Crippen LogP contribution is -2.50. The number of amides is 3. The van der Waals surface area contributed by atoms with Gasteiger partial charge in [0.15, 0.2) is 5.78 Å². The Hall–Kier alpha value is -3.23. The van der Waals surface area contributed by atoms with Gasteiger partial charge in [-0.05, 0) is 38.7 Å². The van der Waals surface area contributed by atoms with Crippen LogP contribution in [-0.2, 0) is 30.4 Å². The molecule has 0 unspecified atom stereocenters. The highest BCUT2D eigenvalue weighted by atomic mass is 16.4. The number of carboxylic acids is 1. The van der Waals surface area contributed by atoms with E-state index in [4.69, 9.17) is 0 Å². The van der Waals surface area contributed by atoms with Gasteiger partial charge in [0.25, 0.3) is 0 Å². The van der Waals surface area contributed by atoms with Crippen LogP contribution in [0.4, 0.5) is 0 Å². The molecule has 3 amide bonds. The van der Waals surface area contributed by atoms with Crippen molar-refractivity contribution in [3.63, 3.8) is 0 Å². The fourth-order valence-electron chi connectivity index (χ4n) is 6.12. The summed E-state index contributed by atoms with van der Waals surface area (Å²) in [6.07, 6.45) is 17.5. The van der Waals surface area contributed by atoms with Crippen molar-refractivity contribution in [1.29, 1.82) is 0 Å². The molecule has 9 heteroatoms. The van der Waals surface area contributed by atoms with Gasteiger partial charge in [-0.1, -0.05) is 114 Å². The first kappa shape index (κ1) is 39.0. The number of likely N-dealkylation sites (tertiary alicyclic amines) is 1. The van der Waals surface area contributed by atoms with Crippen molar-refractivity contribution in [2.24, 2.45) is 0 Å². The zero-order valence-corrected chi connectivity index (χ0v) is 28.6. The highest BCUT2D eigenvalue weighted by Gasteiger charge is 2.36. The molecule has 3 N–H and O–H groups in total. The second kappa shape index (κ2) is 22.3. The first-order chi connectivity index (χ1) is 22.1. The first-order valence-corrected chi connectivity index (χ1v) is 17.8. The fraction of sp³-hybridized carbons (Fsp3) is 0.703. The Labute approximate surface area is 276 Å². The average molecular weight is 642 g/mol. The van der Waals surface area contributed by atoms with Gasteiger partial charge in [0.05, 0.1) is 6.04 Å². The van der Waals surface area contributed by atoms with E-state index in [1.54, 1.807) is 6.92 Å². The van der Waals surface area contributed by atoms with Crippen molar-refractivity contribution in [3.05, 3.63) is 35.4 Å². The largest absolute Gasteiger partial charge is 0.480 e. The van der Waals surface area contributed by atoms with E-state index in [0.29, 0.717) is 25.8 Å². The summed E-state index contributed by atoms with van der Waals surface area (Å²) in [7, 11) is 0. The molecule has 0 aliphatic carbocycles. The van der Waals surface area contributed by atoms with Crippen LogP contribution in [0.15, 0.2) is 24.3 Å². The molecule has 9 nitrogen and oxygen atoms in total. The molecule has 0 spiro atoms. The molecule has 0 aromatic heterocycles. The van der Waals surface area contributed by atoms with Crippen molar-refractivity contribution >= 4 is 29.5 Å². The highest BCUT2D eigenvalue weighted by molar-refractivity contribution is 5.94. The number of rotatable bonds is 24. The summed E-state index contributed by atoms with van der Waals surface area (Å²) in [5.74, 6) is -2.32. The summed E-state index contributed by atoms with van der Waals surface area (Å²) in [6, 6.07) is 4.96. The lowest BCUT2D eigenvalue weighted by Gasteiger charge is -2.27. The van der Waals surface area contributed by atoms with Crippen LogP contribution in [0.1, 0.15) is 141 Å². The Morgan fingerprint density at radius 2 is 1.33 bits per heavy atom. The van der Waals surface area contributed by atoms with Gasteiger partial charge in [-0.2, -0.15) is 0 Å². The molecule has 1 aromatic rings. The first-order valence-electron chi connectivity index (χ1n) is 17.8. The number of nitrogens with zero attached hydrogens (tertiary/aromatic N) is 1. The third-order valence-electron chi connectivity index (χ3n) is 8.96. The van der Waals surface area contributed by atoms with Gasteiger partial charge in [-0.3, -0.25) is 19.2 Å². The molecule has 1 aliphatic rings. The van der Waals surface area contributed by atoms with Gasteiger partial charge < -0.3 is 20.6 Å². The molecule has 2 rings (SSSR count). The van der Waals surface area contributed by atoms with Crippen molar-refractivity contribution in [2.75, 3.05) is 6.54 Å². The van der Waals surface area contributed by atoms with Crippen molar-refractivity contribution in [1.82, 2.24) is 15.5 Å². The van der Waals surface area contributed by atoms with E-state index >= 15 is 0 Å². The van der Waals surface area contributed by atoms with Crippen LogP contribution in [0.25, 0.3) is 0 Å². The van der Waals surface area contributed by atoms with E-state index in [1.807, 2.05) is 31.2 Å². The van der Waals surface area contributed by atoms with Crippen LogP contribution in [0.3, 0.4) is 0 Å². The van der Waals surface area contributed by atoms with Crippen molar-refractivity contribution < 1.29 is 29.1 Å². The number of unbranched alkanes of at least 4 members (excludes halogenated alkanes) is 12. The van der Waals surface area contributed by atoms with Crippen LogP contribution >= 0.6 is 0 Å². The van der Waals surface area contributed by atoms with E-state index in [2.05, 4.69) is 17.6 Å². The minimum absolute atomic E-state index is 0.0864. The van der Waals surface area contributed by atoms with Crippen LogP contribution < -0.4 is 10.6 Å². The van der Waals surface area contributed by atoms with E-state index in [1.165, 1.54) is 69.1 Å². The summed E-state index contributed by atoms with van der Waals surface area (Å²) in [5, 5.41) is 14.9. The quantitative estimate of drug-likeness (QED) is 0.111. The number of Topliss-reactive ketones (excluding diaryl/α,β-unsaturated/α-hetero) is 1. The Kier molecular flexibility index (Phi) is 18.9. The Balaban J connectivity index is 1.64. The molecule has 1 aliphatic heterocycles. The topological polar surface area (TPSA) is 133 Å². The summed E-state index contributed by atoms with van der Waals surface area (Å²) < 4.78 is 0. The number of hydrogen-bond acceptors (Lipinski definition) is 5. The number of nitrogens with one attached hydrogen (secondary N) is 2. The number of carbonyl (C=O) groups is 5. The van der Waals surface area contributed by atoms with Crippen molar-refractivity contribution in [2.45, 2.75) is 161 Å². The van der Waals surface area contributed by atoms with Crippen LogP contribution in [0.5, 0.6) is 0 Å². The van der Waals surface area contributed by atoms with E-state index in [9.17, 15) is 29.1 Å². The molecular weight excluding hydrogens is 582 g/mol. The lowest BCUT2D eigenvalue weighted by atomic mass is 10.0. The number of carboxylic acid groups (broad SMARTS) is 1. The summed E-state index contributed by atoms with van der Waals surface area (Å²) in [6.45, 7) is 6.26. The van der Waals surface area contributed by atoms with Crippen LogP contribution in [0.2, 0.25) is 0 Å². The minimum atomic E-state index is -1.14. The molecule has 0 bridgehead atoms. The zero-order chi connectivity index (χ0) is 33.7. The fourth-order valence-corrected chi connectivity index (χ4v) is 6.12. The molecule has 1 saturated heterocycles. The van der Waals surface area contributed by atoms with E-state index < -0.39 is 30.0 Å². The number of carbonyl (C=O) groups excluding carboxylic acids is 4. The third kappa shape index (κ3) is 15.4. The second-order valence-corrected chi connectivity index (χ2v) is 13.1. The molecule has 0 radical (unpaired) electrons. The number of hydrogen-bond donors (Lipinski definition) is 3. The second-order valence-electron chi connectivity index (χ2n) is 13.1. The molecular formula is C37H59N3O6. The van der Waals surface area contributed by atoms with Gasteiger partial charge in [-0.25, -0.2) is 4.79 Å². The Morgan fingerprint density at radius 3 is 1.89 bits per heavy atom. The normalized spacial score (nSPS) is 15.7. The van der Waals surface area contributed by atoms with Gasteiger partial charge in [-0.15, -0.1) is 0 Å². The number of aryl methyl sites for hydroxylation is 1. The van der Waals surface area contributed by atoms with Crippen LogP contribution in [0, 0.1) is 6.92 Å². The summed E-state index contributed by atoms with van der Waals surface area (Å²) in [4.78, 5) is 64.5. The summed E-state index contributed by atoms with van der Waals surface area (Å²) in [5.41, 5.74) is 1.85. The molecule has 3 atom stereocenters. The minimum Gasteiger partial charge on any atom is -0.480 e. The SMILES string of the molecule is CCCCCCCCCCCCCCCC(=O)N[C@@H](C)C(=O)N1CCC[C@H]1C(=O)CCC(=O)N[C@@H](Cc1ccc(C)cc1)C(=O)O. The van der Waals surface area contributed by atoms with Gasteiger partial charge >= 0.3 is 5.97 Å². The van der Waals surface area contributed by atoms with Gasteiger partial charge in [0, 0.05) is 32.2 Å². The molecule has 258 valence electrons. The molecule has 0 saturated carbocycles. The monoisotopic (exact) mass is 641 g/mol. The lowest BCUT2D eigenvalue weighted by molar-refractivity contribution is -0.142. The maximum absolute atomic E-state index is 13.2. The van der Waals surface area contributed by atoms with Gasteiger partial charge in [0.1, 0.15) is 12.1 Å². The maximum atomic E-state index is 13.2. The Bertz CT molecular complexity index is 1090. The smallest absolute Gasteiger partial charge is 0.326 e.